The molecule has 4 amide bonds. The molecular formula is C17H27N5O6. The minimum absolute atomic E-state index is 0.0803. The molecule has 0 aromatic carbocycles. The minimum Gasteiger partial charge on any atom is -0.480 e. The molecule has 2 aliphatic rings. The van der Waals surface area contributed by atoms with E-state index in [0.717, 1.165) is 25.8 Å². The molecule has 3 atom stereocenters. The number of nitrogens with one attached hydrogen (secondary N) is 4. The lowest BCUT2D eigenvalue weighted by Crippen LogP contribution is -2.53. The summed E-state index contributed by atoms with van der Waals surface area (Å²) in [6.07, 6.45) is 2.96. The highest BCUT2D eigenvalue weighted by Gasteiger charge is 2.37. The van der Waals surface area contributed by atoms with Crippen LogP contribution < -0.4 is 21.3 Å². The first-order valence-electron chi connectivity index (χ1n) is 9.40. The number of rotatable bonds is 8. The van der Waals surface area contributed by atoms with Gasteiger partial charge in [0.1, 0.15) is 18.6 Å². The van der Waals surface area contributed by atoms with Crippen LogP contribution in [0.2, 0.25) is 0 Å². The van der Waals surface area contributed by atoms with Gasteiger partial charge >= 0.3 is 5.97 Å². The lowest BCUT2D eigenvalue weighted by atomic mass is 10.1. The predicted octanol–water partition coefficient (Wildman–Crippen LogP) is -2.45. The summed E-state index contributed by atoms with van der Waals surface area (Å²) in [5.41, 5.74) is 0. The lowest BCUT2D eigenvalue weighted by molar-refractivity contribution is -0.140. The van der Waals surface area contributed by atoms with E-state index in [-0.39, 0.29) is 18.5 Å². The summed E-state index contributed by atoms with van der Waals surface area (Å²) in [6.45, 7) is 1.83. The van der Waals surface area contributed by atoms with E-state index in [1.807, 2.05) is 0 Å². The maximum atomic E-state index is 12.5. The Hall–Kier alpha value is -2.69. The van der Waals surface area contributed by atoms with Gasteiger partial charge in [0.05, 0.1) is 12.6 Å². The third kappa shape index (κ3) is 5.91. The second-order valence-corrected chi connectivity index (χ2v) is 6.96. The molecule has 5 N–H and O–H groups in total. The number of likely N-dealkylation sites (tertiary alicyclic amines) is 1. The van der Waals surface area contributed by atoms with Crippen LogP contribution in [0.4, 0.5) is 0 Å². The number of carboxylic acid groups (broad SMARTS) is 1. The Labute approximate surface area is 162 Å². The normalized spacial score (nSPS) is 22.4. The zero-order valence-corrected chi connectivity index (χ0v) is 15.8. The summed E-state index contributed by atoms with van der Waals surface area (Å²) in [7, 11) is 0. The first-order chi connectivity index (χ1) is 13.3. The fourth-order valence-corrected chi connectivity index (χ4v) is 3.36. The Morgan fingerprint density at radius 2 is 1.86 bits per heavy atom. The number of hydrogen-bond donors (Lipinski definition) is 5. The van der Waals surface area contributed by atoms with Gasteiger partial charge < -0.3 is 31.3 Å². The monoisotopic (exact) mass is 397 g/mol. The SMILES string of the molecule is C[C@H](NC(=O)CNC(=O)[C@@H]1CCCN1C(=O)[C@@H]1CCCN1)C(=O)NCC(=O)O. The first kappa shape index (κ1) is 21.6. The number of nitrogens with zero attached hydrogens (tertiary/aromatic N) is 1. The first-order valence-corrected chi connectivity index (χ1v) is 9.40. The highest BCUT2D eigenvalue weighted by atomic mass is 16.4. The van der Waals surface area contributed by atoms with Crippen LogP contribution in [-0.2, 0) is 24.0 Å². The molecule has 2 saturated heterocycles. The summed E-state index contributed by atoms with van der Waals surface area (Å²) < 4.78 is 0. The van der Waals surface area contributed by atoms with Crippen molar-refractivity contribution in [3.05, 3.63) is 0 Å². The van der Waals surface area contributed by atoms with Crippen molar-refractivity contribution in [1.82, 2.24) is 26.2 Å². The van der Waals surface area contributed by atoms with Crippen molar-refractivity contribution in [3.8, 4) is 0 Å². The van der Waals surface area contributed by atoms with E-state index in [0.29, 0.717) is 13.0 Å². The summed E-state index contributed by atoms with van der Waals surface area (Å²) in [5, 5.41) is 18.7. The van der Waals surface area contributed by atoms with Crippen LogP contribution >= 0.6 is 0 Å². The number of amides is 4. The summed E-state index contributed by atoms with van der Waals surface area (Å²) in [5.74, 6) is -2.90. The fraction of sp³-hybridized carbons (Fsp3) is 0.706. The zero-order valence-electron chi connectivity index (χ0n) is 15.8. The molecule has 11 heteroatoms. The summed E-state index contributed by atoms with van der Waals surface area (Å²) >= 11 is 0. The van der Waals surface area contributed by atoms with Crippen molar-refractivity contribution in [1.29, 1.82) is 0 Å². The number of hydrogen-bond acceptors (Lipinski definition) is 6. The molecular weight excluding hydrogens is 370 g/mol. The standard InChI is InChI=1S/C17H27N5O6/c1-10(15(26)20-9-14(24)25)21-13(23)8-19-16(27)12-5-3-7-22(12)17(28)11-4-2-6-18-11/h10-12,18H,2-9H2,1H3,(H,19,27)(H,20,26)(H,21,23)(H,24,25)/t10-,11-,12-/m0/s1. The largest absolute Gasteiger partial charge is 0.480 e. The number of carboxylic acids is 1. The van der Waals surface area contributed by atoms with Gasteiger partial charge in [-0.15, -0.1) is 0 Å². The van der Waals surface area contributed by atoms with Crippen LogP contribution in [0.1, 0.15) is 32.6 Å². The van der Waals surface area contributed by atoms with Gasteiger partial charge in [0.2, 0.25) is 23.6 Å². The van der Waals surface area contributed by atoms with E-state index in [4.69, 9.17) is 5.11 Å². The van der Waals surface area contributed by atoms with Crippen molar-refractivity contribution >= 4 is 29.6 Å². The van der Waals surface area contributed by atoms with Crippen LogP contribution in [0.15, 0.2) is 0 Å². The maximum absolute atomic E-state index is 12.5. The third-order valence-corrected chi connectivity index (χ3v) is 4.80. The summed E-state index contributed by atoms with van der Waals surface area (Å²) in [4.78, 5) is 60.5. The smallest absolute Gasteiger partial charge is 0.322 e. The molecule has 28 heavy (non-hydrogen) atoms. The Morgan fingerprint density at radius 1 is 1.11 bits per heavy atom. The molecule has 0 aliphatic carbocycles. The molecule has 0 unspecified atom stereocenters. The Bertz CT molecular complexity index is 634. The highest BCUT2D eigenvalue weighted by Crippen LogP contribution is 2.20. The van der Waals surface area contributed by atoms with Crippen LogP contribution in [0.25, 0.3) is 0 Å². The van der Waals surface area contributed by atoms with Gasteiger partial charge in [0.15, 0.2) is 0 Å². The van der Waals surface area contributed by atoms with Crippen LogP contribution in [0.5, 0.6) is 0 Å². The van der Waals surface area contributed by atoms with E-state index in [2.05, 4.69) is 21.3 Å². The topological polar surface area (TPSA) is 157 Å². The Morgan fingerprint density at radius 3 is 2.50 bits per heavy atom. The number of carbonyl (C=O) groups excluding carboxylic acids is 4. The second-order valence-electron chi connectivity index (χ2n) is 6.96. The minimum atomic E-state index is -1.19. The van der Waals surface area contributed by atoms with E-state index in [9.17, 15) is 24.0 Å². The Kier molecular flexibility index (Phi) is 7.73. The molecule has 0 radical (unpaired) electrons. The molecule has 0 bridgehead atoms. The average molecular weight is 397 g/mol. The molecule has 0 aromatic rings. The number of carbonyl (C=O) groups is 5. The van der Waals surface area contributed by atoms with Gasteiger partial charge in [0.25, 0.3) is 0 Å². The van der Waals surface area contributed by atoms with Crippen LogP contribution in [0, 0.1) is 0 Å². The van der Waals surface area contributed by atoms with Gasteiger partial charge in [0, 0.05) is 6.54 Å². The molecule has 0 spiro atoms. The molecule has 2 aliphatic heterocycles. The number of aliphatic carboxylic acids is 1. The van der Waals surface area contributed by atoms with Gasteiger partial charge in [-0.05, 0) is 39.2 Å². The van der Waals surface area contributed by atoms with Crippen LogP contribution in [-0.4, -0.2) is 83.9 Å². The van der Waals surface area contributed by atoms with E-state index in [1.165, 1.54) is 6.92 Å². The molecule has 0 aromatic heterocycles. The van der Waals surface area contributed by atoms with Crippen molar-refractivity contribution in [2.24, 2.45) is 0 Å². The van der Waals surface area contributed by atoms with Gasteiger partial charge in [-0.3, -0.25) is 24.0 Å². The predicted molar refractivity (Wildman–Crippen MR) is 97.0 cm³/mol. The summed E-state index contributed by atoms with van der Waals surface area (Å²) in [6, 6.07) is -1.79. The Balaban J connectivity index is 1.77. The molecule has 11 nitrogen and oxygen atoms in total. The third-order valence-electron chi connectivity index (χ3n) is 4.80. The molecule has 2 rings (SSSR count). The van der Waals surface area contributed by atoms with E-state index >= 15 is 0 Å². The van der Waals surface area contributed by atoms with Crippen molar-refractivity contribution in [3.63, 3.8) is 0 Å². The second kappa shape index (κ2) is 10.0. The van der Waals surface area contributed by atoms with Crippen molar-refractivity contribution in [2.45, 2.75) is 50.7 Å². The quantitative estimate of drug-likeness (QED) is 0.304. The molecule has 156 valence electrons. The van der Waals surface area contributed by atoms with Crippen LogP contribution in [0.3, 0.4) is 0 Å². The molecule has 2 fully saturated rings. The maximum Gasteiger partial charge on any atom is 0.322 e. The van der Waals surface area contributed by atoms with Gasteiger partial charge in [-0.25, -0.2) is 0 Å². The van der Waals surface area contributed by atoms with E-state index in [1.54, 1.807) is 4.90 Å². The average Bonchev–Trinajstić information content (AvgIpc) is 3.35. The highest BCUT2D eigenvalue weighted by molar-refractivity contribution is 5.94. The van der Waals surface area contributed by atoms with Crippen molar-refractivity contribution < 1.29 is 29.1 Å². The molecule has 0 saturated carbocycles. The van der Waals surface area contributed by atoms with Gasteiger partial charge in [-0.1, -0.05) is 0 Å². The zero-order chi connectivity index (χ0) is 20.7. The van der Waals surface area contributed by atoms with E-state index < -0.39 is 42.3 Å². The lowest BCUT2D eigenvalue weighted by Gasteiger charge is -2.26. The fourth-order valence-electron chi connectivity index (χ4n) is 3.36. The van der Waals surface area contributed by atoms with Gasteiger partial charge in [-0.2, -0.15) is 0 Å². The molecule has 2 heterocycles. The van der Waals surface area contributed by atoms with Crippen molar-refractivity contribution in [2.75, 3.05) is 26.2 Å².